The molecule has 0 amide bonds. The van der Waals surface area contributed by atoms with Crippen LogP contribution in [0.2, 0.25) is 0 Å². The average Bonchev–Trinajstić information content (AvgIpc) is 2.71. The number of halogens is 1. The first kappa shape index (κ1) is 11.1. The Morgan fingerprint density at radius 3 is 3.05 bits per heavy atom. The van der Waals surface area contributed by atoms with E-state index in [0.29, 0.717) is 12.0 Å². The highest BCUT2D eigenvalue weighted by Crippen LogP contribution is 2.55. The quantitative estimate of drug-likeness (QED) is 0.718. The van der Waals surface area contributed by atoms with Gasteiger partial charge >= 0.3 is 0 Å². The lowest BCUT2D eigenvalue weighted by Gasteiger charge is -2.41. The highest BCUT2D eigenvalue weighted by molar-refractivity contribution is 9.10. The van der Waals surface area contributed by atoms with Crippen molar-refractivity contribution >= 4 is 21.5 Å². The third-order valence-corrected chi connectivity index (χ3v) is 5.45. The maximum absolute atomic E-state index is 8.00. The zero-order valence-electron chi connectivity index (χ0n) is 13.5. The molecule has 1 nitrogen and oxygen atoms in total. The molecule has 0 aromatic heterocycles. The van der Waals surface area contributed by atoms with Crippen molar-refractivity contribution in [3.05, 3.63) is 40.3 Å². The van der Waals surface area contributed by atoms with Gasteiger partial charge in [0, 0.05) is 11.6 Å². The standard InChI is InChI=1S/C17H21BrO/c1-11-9-17(7-6-16(11)19-3)10-13-4-5-14(18)8-15(13)12(17)2/h4-5,8,11,16H,2,6-7,9-10H2,1,3H3/t11-,16-,17-/m1/s1/i2D2. The Morgan fingerprint density at radius 1 is 1.53 bits per heavy atom. The largest absolute Gasteiger partial charge is 0.381 e. The number of fused-ring (bicyclic) bond motifs is 1. The van der Waals surface area contributed by atoms with Crippen LogP contribution in [0, 0.1) is 11.3 Å². The summed E-state index contributed by atoms with van der Waals surface area (Å²) in [6.45, 7) is 2.22. The summed E-state index contributed by atoms with van der Waals surface area (Å²) in [5.41, 5.74) is 3.30. The zero-order chi connectivity index (χ0) is 15.2. The van der Waals surface area contributed by atoms with Gasteiger partial charge in [0.15, 0.2) is 0 Å². The van der Waals surface area contributed by atoms with Gasteiger partial charge in [-0.2, -0.15) is 0 Å². The normalized spacial score (nSPS) is 35.0. The molecule has 3 atom stereocenters. The van der Waals surface area contributed by atoms with Crippen molar-refractivity contribution in [1.29, 1.82) is 0 Å². The van der Waals surface area contributed by atoms with E-state index >= 15 is 0 Å². The molecule has 0 aliphatic heterocycles. The first-order valence-electron chi connectivity index (χ1n) is 7.96. The molecule has 3 rings (SSSR count). The summed E-state index contributed by atoms with van der Waals surface area (Å²) in [5.74, 6) is 0.468. The molecule has 1 saturated carbocycles. The second kappa shape index (κ2) is 4.75. The van der Waals surface area contributed by atoms with E-state index in [4.69, 9.17) is 7.48 Å². The molecule has 0 radical (unpaired) electrons. The fourth-order valence-electron chi connectivity index (χ4n) is 3.96. The van der Waals surface area contributed by atoms with Gasteiger partial charge in [0.2, 0.25) is 0 Å². The molecular formula is C17H21BrO. The van der Waals surface area contributed by atoms with Crippen molar-refractivity contribution < 1.29 is 7.48 Å². The molecule has 2 heteroatoms. The Bertz CT molecular complexity index is 594. The molecule has 102 valence electrons. The summed E-state index contributed by atoms with van der Waals surface area (Å²) >= 11 is 3.52. The monoisotopic (exact) mass is 322 g/mol. The molecule has 2 aliphatic rings. The lowest BCUT2D eigenvalue weighted by molar-refractivity contribution is 0.00273. The van der Waals surface area contributed by atoms with Gasteiger partial charge in [-0.05, 0) is 65.8 Å². The van der Waals surface area contributed by atoms with Crippen molar-refractivity contribution in [2.75, 3.05) is 7.11 Å². The number of hydrogen-bond donors (Lipinski definition) is 0. The summed E-state index contributed by atoms with van der Waals surface area (Å²) < 4.78 is 22.6. The SMILES string of the molecule is [2H]C([2H])=C1c2cc(Br)ccc2C[C@]12CC[C@@H](OC)[C@H](C)C2. The Morgan fingerprint density at radius 2 is 2.37 bits per heavy atom. The smallest absolute Gasteiger partial charge is 0.0597 e. The van der Waals surface area contributed by atoms with E-state index in [1.165, 1.54) is 5.56 Å². The number of allylic oxidation sites excluding steroid dienone is 1. The maximum Gasteiger partial charge on any atom is 0.0597 e. The summed E-state index contributed by atoms with van der Waals surface area (Å²) in [6, 6.07) is 6.28. The number of ether oxygens (including phenoxy) is 1. The summed E-state index contributed by atoms with van der Waals surface area (Å²) in [5, 5.41) is 0. The Balaban J connectivity index is 2.04. The third kappa shape index (κ3) is 2.09. The van der Waals surface area contributed by atoms with Crippen molar-refractivity contribution in [3.63, 3.8) is 0 Å². The van der Waals surface area contributed by atoms with E-state index in [0.717, 1.165) is 41.3 Å². The van der Waals surface area contributed by atoms with Crippen LogP contribution < -0.4 is 0 Å². The van der Waals surface area contributed by atoms with Gasteiger partial charge in [-0.25, -0.2) is 0 Å². The predicted octanol–water partition coefficient (Wildman–Crippen LogP) is 4.84. The maximum atomic E-state index is 8.00. The van der Waals surface area contributed by atoms with E-state index in [1.54, 1.807) is 7.11 Å². The highest BCUT2D eigenvalue weighted by Gasteiger charge is 2.45. The van der Waals surface area contributed by atoms with Gasteiger partial charge in [-0.1, -0.05) is 35.5 Å². The second-order valence-electron chi connectivity index (χ2n) is 6.13. The van der Waals surface area contributed by atoms with Crippen LogP contribution >= 0.6 is 15.9 Å². The molecule has 19 heavy (non-hydrogen) atoms. The molecule has 2 aliphatic carbocycles. The van der Waals surface area contributed by atoms with Crippen LogP contribution in [0.5, 0.6) is 0 Å². The van der Waals surface area contributed by atoms with Crippen molar-refractivity contribution in [3.8, 4) is 0 Å². The van der Waals surface area contributed by atoms with Gasteiger partial charge in [0.05, 0.1) is 8.85 Å². The van der Waals surface area contributed by atoms with Crippen LogP contribution in [-0.2, 0) is 11.2 Å². The van der Waals surface area contributed by atoms with Gasteiger partial charge in [-0.15, -0.1) is 0 Å². The summed E-state index contributed by atoms with van der Waals surface area (Å²) in [7, 11) is 1.79. The molecule has 0 bridgehead atoms. The van der Waals surface area contributed by atoms with Crippen molar-refractivity contribution in [2.24, 2.45) is 11.3 Å². The molecule has 1 spiro atoms. The minimum Gasteiger partial charge on any atom is -0.381 e. The van der Waals surface area contributed by atoms with Crippen LogP contribution in [0.4, 0.5) is 0 Å². The van der Waals surface area contributed by atoms with Gasteiger partial charge in [-0.3, -0.25) is 0 Å². The topological polar surface area (TPSA) is 9.23 Å². The van der Waals surface area contributed by atoms with E-state index in [1.807, 2.05) is 0 Å². The molecule has 0 N–H and O–H groups in total. The highest BCUT2D eigenvalue weighted by atomic mass is 79.9. The fourth-order valence-corrected chi connectivity index (χ4v) is 4.33. The average molecular weight is 323 g/mol. The number of benzene rings is 1. The lowest BCUT2D eigenvalue weighted by Crippen LogP contribution is -2.36. The number of hydrogen-bond acceptors (Lipinski definition) is 1. The van der Waals surface area contributed by atoms with Crippen LogP contribution in [0.25, 0.3) is 5.57 Å². The van der Waals surface area contributed by atoms with Gasteiger partial charge < -0.3 is 4.74 Å². The molecule has 0 heterocycles. The summed E-state index contributed by atoms with van der Waals surface area (Å²) in [6.07, 6.45) is 4.32. The Hall–Kier alpha value is -0.600. The third-order valence-electron chi connectivity index (χ3n) is 4.96. The minimum absolute atomic E-state index is 0.0186. The predicted molar refractivity (Wildman–Crippen MR) is 83.1 cm³/mol. The molecule has 1 aromatic rings. The molecule has 0 unspecified atom stereocenters. The molecule has 1 fully saturated rings. The Kier molecular flexibility index (Phi) is 2.77. The van der Waals surface area contributed by atoms with Gasteiger partial charge in [0.25, 0.3) is 0 Å². The molecule has 0 saturated heterocycles. The zero-order valence-corrected chi connectivity index (χ0v) is 13.1. The first-order valence-corrected chi connectivity index (χ1v) is 7.76. The van der Waals surface area contributed by atoms with E-state index in [-0.39, 0.29) is 11.9 Å². The second-order valence-corrected chi connectivity index (χ2v) is 7.04. The van der Waals surface area contributed by atoms with Crippen LogP contribution in [0.1, 0.15) is 40.1 Å². The number of rotatable bonds is 1. The Labute approximate surface area is 127 Å². The van der Waals surface area contributed by atoms with Crippen LogP contribution in [0.15, 0.2) is 29.2 Å². The van der Waals surface area contributed by atoms with Gasteiger partial charge in [0.1, 0.15) is 0 Å². The van der Waals surface area contributed by atoms with E-state index < -0.39 is 0 Å². The van der Waals surface area contributed by atoms with E-state index in [9.17, 15) is 0 Å². The van der Waals surface area contributed by atoms with E-state index in [2.05, 4.69) is 41.1 Å². The summed E-state index contributed by atoms with van der Waals surface area (Å²) in [4.78, 5) is 0. The fraction of sp³-hybridized carbons (Fsp3) is 0.529. The minimum atomic E-state index is -0.0313. The van der Waals surface area contributed by atoms with Crippen molar-refractivity contribution in [1.82, 2.24) is 0 Å². The molecule has 1 aromatic carbocycles. The number of methoxy groups -OCH3 is 1. The first-order chi connectivity index (χ1) is 9.97. The van der Waals surface area contributed by atoms with Crippen molar-refractivity contribution in [2.45, 2.75) is 38.7 Å². The molecular weight excluding hydrogens is 300 g/mol. The van der Waals surface area contributed by atoms with Crippen LogP contribution in [0.3, 0.4) is 0 Å². The van der Waals surface area contributed by atoms with Crippen LogP contribution in [-0.4, -0.2) is 13.2 Å². The lowest BCUT2D eigenvalue weighted by atomic mass is 9.65.